The molecule has 3 unspecified atom stereocenters. The van der Waals surface area contributed by atoms with Gasteiger partial charge in [-0.1, -0.05) is 11.3 Å². The van der Waals surface area contributed by atoms with Gasteiger partial charge in [0.15, 0.2) is 5.82 Å². The van der Waals surface area contributed by atoms with E-state index in [0.29, 0.717) is 29.2 Å². The van der Waals surface area contributed by atoms with Crippen molar-refractivity contribution in [1.82, 2.24) is 30.6 Å². The molecule has 8 rings (SSSR count). The number of nitrogens with one attached hydrogen (secondary N) is 2. The summed E-state index contributed by atoms with van der Waals surface area (Å²) in [6.45, 7) is 4.09. The fourth-order valence-electron chi connectivity index (χ4n) is 6.68. The average Bonchev–Trinajstić information content (AvgIpc) is 3.61. The molecule has 3 aliphatic heterocycles. The van der Waals surface area contributed by atoms with Crippen molar-refractivity contribution < 1.29 is 4.21 Å². The van der Waals surface area contributed by atoms with Crippen molar-refractivity contribution in [1.29, 1.82) is 0 Å². The van der Waals surface area contributed by atoms with Gasteiger partial charge in [-0.25, -0.2) is 4.98 Å². The van der Waals surface area contributed by atoms with E-state index in [2.05, 4.69) is 53.9 Å². The quantitative estimate of drug-likeness (QED) is 0.538. The highest BCUT2D eigenvalue weighted by atomic mass is 32.2. The Balaban J connectivity index is 1.05. The number of hydrogen-bond donors (Lipinski definition) is 2. The van der Waals surface area contributed by atoms with Crippen LogP contribution in [0, 0.1) is 11.8 Å². The van der Waals surface area contributed by atoms with Crippen molar-refractivity contribution >= 4 is 28.3 Å². The molecule has 36 heavy (non-hydrogen) atoms. The predicted molar refractivity (Wildman–Crippen MR) is 136 cm³/mol. The fourth-order valence-corrected chi connectivity index (χ4v) is 7.99. The zero-order valence-electron chi connectivity index (χ0n) is 20.1. The van der Waals surface area contributed by atoms with Gasteiger partial charge in [0.25, 0.3) is 0 Å². The molecule has 186 valence electrons. The molecule has 3 aromatic rings. The van der Waals surface area contributed by atoms with Crippen LogP contribution in [0.25, 0.3) is 0 Å². The highest BCUT2D eigenvalue weighted by Crippen LogP contribution is 2.44. The van der Waals surface area contributed by atoms with Crippen LogP contribution in [0.4, 0.5) is 17.5 Å². The van der Waals surface area contributed by atoms with Gasteiger partial charge in [0.05, 0.1) is 16.5 Å². The van der Waals surface area contributed by atoms with E-state index in [9.17, 15) is 4.21 Å². The number of hydrogen-bond acceptors (Lipinski definition) is 9. The summed E-state index contributed by atoms with van der Waals surface area (Å²) < 4.78 is 12.9. The van der Waals surface area contributed by atoms with Crippen LogP contribution in [-0.2, 0) is 35.6 Å². The molecule has 2 aromatic heterocycles. The van der Waals surface area contributed by atoms with Gasteiger partial charge in [0, 0.05) is 55.9 Å². The zero-order valence-corrected chi connectivity index (χ0v) is 20.9. The lowest BCUT2D eigenvalue weighted by Gasteiger charge is -2.40. The lowest BCUT2D eigenvalue weighted by atomic mass is 9.76. The molecule has 5 heterocycles. The van der Waals surface area contributed by atoms with Crippen LogP contribution in [0.2, 0.25) is 0 Å². The first kappa shape index (κ1) is 21.0. The summed E-state index contributed by atoms with van der Waals surface area (Å²) in [5, 5.41) is 18.5. The Morgan fingerprint density at radius 1 is 1.00 bits per heavy atom. The summed E-state index contributed by atoms with van der Waals surface area (Å²) in [4.78, 5) is 15.6. The van der Waals surface area contributed by atoms with Crippen molar-refractivity contribution in [3.8, 4) is 0 Å². The third-order valence-corrected chi connectivity index (χ3v) is 10.5. The monoisotopic (exact) mass is 503 g/mol. The van der Waals surface area contributed by atoms with Gasteiger partial charge in [-0.05, 0) is 55.4 Å². The largest absolute Gasteiger partial charge is 0.371 e. The molecule has 2 aliphatic carbocycles. The number of anilines is 3. The van der Waals surface area contributed by atoms with Crippen molar-refractivity contribution in [2.24, 2.45) is 11.8 Å². The second kappa shape index (κ2) is 7.71. The molecule has 3 atom stereocenters. The average molecular weight is 504 g/mol. The number of fused-ring (bicyclic) bond motifs is 3. The fraction of sp³-hybridized carbons (Fsp3) is 0.560. The third kappa shape index (κ3) is 3.14. The molecule has 0 amide bonds. The minimum Gasteiger partial charge on any atom is -0.371 e. The molecule has 0 bridgehead atoms. The number of H-pyrrole nitrogens is 1. The number of rotatable bonds is 5. The maximum Gasteiger partial charge on any atom is 0.227 e. The molecule has 2 N–H and O–H groups in total. The van der Waals surface area contributed by atoms with Crippen LogP contribution in [0.1, 0.15) is 41.9 Å². The second-order valence-corrected chi connectivity index (χ2v) is 12.5. The first-order valence-electron chi connectivity index (χ1n) is 13.1. The van der Waals surface area contributed by atoms with Crippen LogP contribution in [0.3, 0.4) is 0 Å². The summed E-state index contributed by atoms with van der Waals surface area (Å²) in [5.74, 6) is 3.93. The van der Waals surface area contributed by atoms with E-state index < -0.39 is 16.3 Å². The number of benzene rings is 1. The lowest BCUT2D eigenvalue weighted by molar-refractivity contribution is 0.267. The van der Waals surface area contributed by atoms with Gasteiger partial charge in [-0.2, -0.15) is 10.2 Å². The molecule has 3 fully saturated rings. The van der Waals surface area contributed by atoms with E-state index in [4.69, 9.17) is 9.97 Å². The Bertz CT molecular complexity index is 1360. The normalized spacial score (nSPS) is 27.3. The standard InChI is InChI=1S/C25H29N9OS/c35-36-9-6-20-21(36)22(28-25(7-1-8-25)23-29-31-32-30-23)27-24(26-20)34-13-17-11-33(12-18(17)14-34)19-5-4-15-2-3-16(15)10-19/h4-5,10,17-18H,1-3,6-9,11-14H2,(H,26,27,28)(H,29,30,31,32). The van der Waals surface area contributed by atoms with E-state index in [1.54, 1.807) is 0 Å². The van der Waals surface area contributed by atoms with Crippen molar-refractivity contribution in [2.75, 3.05) is 47.0 Å². The molecular weight excluding hydrogens is 474 g/mol. The van der Waals surface area contributed by atoms with E-state index >= 15 is 0 Å². The maximum absolute atomic E-state index is 12.9. The smallest absolute Gasteiger partial charge is 0.227 e. The number of aromatic nitrogens is 6. The number of aryl methyl sites for hydroxylation is 3. The van der Waals surface area contributed by atoms with E-state index in [-0.39, 0.29) is 0 Å². The molecular formula is C25H29N9OS. The highest BCUT2D eigenvalue weighted by Gasteiger charge is 2.45. The van der Waals surface area contributed by atoms with Crippen molar-refractivity contribution in [3.05, 3.63) is 40.8 Å². The Labute approximate surface area is 211 Å². The highest BCUT2D eigenvalue weighted by molar-refractivity contribution is 7.85. The zero-order chi connectivity index (χ0) is 23.9. The molecule has 11 heteroatoms. The first-order valence-corrected chi connectivity index (χ1v) is 14.4. The van der Waals surface area contributed by atoms with Gasteiger partial charge < -0.3 is 15.1 Å². The summed E-state index contributed by atoms with van der Waals surface area (Å²) in [6.07, 6.45) is 6.08. The van der Waals surface area contributed by atoms with Crippen LogP contribution < -0.4 is 15.1 Å². The van der Waals surface area contributed by atoms with E-state index in [1.165, 1.54) is 29.7 Å². The van der Waals surface area contributed by atoms with Crippen LogP contribution >= 0.6 is 0 Å². The lowest BCUT2D eigenvalue weighted by Crippen LogP contribution is -2.44. The molecule has 0 radical (unpaired) electrons. The maximum atomic E-state index is 12.9. The van der Waals surface area contributed by atoms with Gasteiger partial charge in [0.1, 0.15) is 16.3 Å². The van der Waals surface area contributed by atoms with Crippen LogP contribution in [0.15, 0.2) is 23.1 Å². The third-order valence-electron chi connectivity index (χ3n) is 9.00. The van der Waals surface area contributed by atoms with Crippen LogP contribution in [0.5, 0.6) is 0 Å². The van der Waals surface area contributed by atoms with Gasteiger partial charge in [-0.3, -0.25) is 4.21 Å². The first-order chi connectivity index (χ1) is 17.6. The molecule has 1 aromatic carbocycles. The Morgan fingerprint density at radius 2 is 1.81 bits per heavy atom. The SMILES string of the molecule is O=S1CCc2nc(N3CC4CN(c5ccc6c(c5)CC6)CC4C3)nc(NC3(c4nn[nH]n4)CCC3)c21. The summed E-state index contributed by atoms with van der Waals surface area (Å²) in [6, 6.07) is 7.02. The predicted octanol–water partition coefficient (Wildman–Crippen LogP) is 1.82. The summed E-state index contributed by atoms with van der Waals surface area (Å²) in [5.41, 5.74) is 4.94. The van der Waals surface area contributed by atoms with Gasteiger partial charge in [0.2, 0.25) is 5.95 Å². The number of tetrazole rings is 1. The van der Waals surface area contributed by atoms with Gasteiger partial charge in [-0.15, -0.1) is 10.2 Å². The Hall–Kier alpha value is -3.08. The van der Waals surface area contributed by atoms with E-state index in [1.807, 2.05) is 0 Å². The molecule has 10 nitrogen and oxygen atoms in total. The molecule has 2 saturated heterocycles. The van der Waals surface area contributed by atoms with Gasteiger partial charge >= 0.3 is 0 Å². The van der Waals surface area contributed by atoms with Crippen LogP contribution in [-0.4, -0.2) is 66.7 Å². The summed E-state index contributed by atoms with van der Waals surface area (Å²) in [7, 11) is -1.08. The Kier molecular flexibility index (Phi) is 4.51. The summed E-state index contributed by atoms with van der Waals surface area (Å²) >= 11 is 0. The molecule has 0 spiro atoms. The molecule has 5 aliphatic rings. The topological polar surface area (TPSA) is 116 Å². The minimum absolute atomic E-state index is 0.405. The van der Waals surface area contributed by atoms with Crippen molar-refractivity contribution in [3.63, 3.8) is 0 Å². The molecule has 1 saturated carbocycles. The van der Waals surface area contributed by atoms with E-state index in [0.717, 1.165) is 68.4 Å². The minimum atomic E-state index is -1.08. The van der Waals surface area contributed by atoms with Crippen molar-refractivity contribution in [2.45, 2.75) is 49.0 Å². The number of nitrogens with zero attached hydrogens (tertiary/aromatic N) is 7. The second-order valence-electron chi connectivity index (χ2n) is 11.0. The Morgan fingerprint density at radius 3 is 2.47 bits per heavy atom. The number of aromatic amines is 1.